The van der Waals surface area contributed by atoms with Crippen LogP contribution in [0.1, 0.15) is 27.8 Å². The lowest BCUT2D eigenvalue weighted by Crippen LogP contribution is -2.24. The summed E-state index contributed by atoms with van der Waals surface area (Å²) < 4.78 is 6.53. The van der Waals surface area contributed by atoms with E-state index in [1.165, 1.54) is 11.0 Å². The van der Waals surface area contributed by atoms with Gasteiger partial charge in [0.15, 0.2) is 0 Å². The van der Waals surface area contributed by atoms with Crippen LogP contribution in [0.25, 0.3) is 0 Å². The summed E-state index contributed by atoms with van der Waals surface area (Å²) >= 11 is 6.07. The molecule has 27 heavy (non-hydrogen) atoms. The topological polar surface area (TPSA) is 89.3 Å². The van der Waals surface area contributed by atoms with Gasteiger partial charge in [-0.2, -0.15) is 0 Å². The third-order valence-corrected chi connectivity index (χ3v) is 4.37. The Morgan fingerprint density at radius 3 is 2.70 bits per heavy atom. The lowest BCUT2D eigenvalue weighted by molar-refractivity contribution is 0.0938. The molecule has 0 spiro atoms. The van der Waals surface area contributed by atoms with Gasteiger partial charge in [0.05, 0.1) is 19.8 Å². The van der Waals surface area contributed by atoms with Crippen molar-refractivity contribution in [2.24, 2.45) is 0 Å². The number of aliphatic hydroxyl groups is 1. The Balaban J connectivity index is 1.58. The maximum atomic E-state index is 12.2. The monoisotopic (exact) mass is 386 g/mol. The van der Waals surface area contributed by atoms with E-state index in [-0.39, 0.29) is 18.9 Å². The van der Waals surface area contributed by atoms with Crippen molar-refractivity contribution in [2.45, 2.75) is 19.2 Å². The van der Waals surface area contributed by atoms with Crippen molar-refractivity contribution in [2.75, 3.05) is 7.11 Å². The van der Waals surface area contributed by atoms with Gasteiger partial charge in [0, 0.05) is 11.6 Å². The van der Waals surface area contributed by atoms with Gasteiger partial charge in [0.1, 0.15) is 12.1 Å². The largest absolute Gasteiger partial charge is 0.497 e. The molecule has 1 amide bonds. The second-order valence-corrected chi connectivity index (χ2v) is 6.26. The number of halogens is 1. The number of nitrogens with zero attached hydrogens (tertiary/aromatic N) is 3. The predicted molar refractivity (Wildman–Crippen MR) is 101 cm³/mol. The van der Waals surface area contributed by atoms with Crippen molar-refractivity contribution in [1.82, 2.24) is 20.1 Å². The average Bonchev–Trinajstić information content (AvgIpc) is 3.15. The molecule has 0 unspecified atom stereocenters. The van der Waals surface area contributed by atoms with E-state index in [1.54, 1.807) is 37.4 Å². The molecule has 0 aliphatic rings. The minimum Gasteiger partial charge on any atom is -0.497 e. The Labute approximate surface area is 161 Å². The van der Waals surface area contributed by atoms with Gasteiger partial charge in [-0.15, -0.1) is 5.10 Å². The quantitative estimate of drug-likeness (QED) is 0.651. The molecular formula is C19H19ClN4O3. The molecule has 1 atom stereocenters. The van der Waals surface area contributed by atoms with Gasteiger partial charge in [-0.25, -0.2) is 9.67 Å². The SMILES string of the molecule is COc1ccc([C@H](O)Cn2cnc(C(=O)NCc3ccccc3Cl)n2)cc1. The molecule has 140 valence electrons. The van der Waals surface area contributed by atoms with Crippen LogP contribution in [-0.2, 0) is 13.1 Å². The van der Waals surface area contributed by atoms with E-state index < -0.39 is 12.0 Å². The van der Waals surface area contributed by atoms with E-state index in [1.807, 2.05) is 18.2 Å². The fourth-order valence-electron chi connectivity index (χ4n) is 2.49. The van der Waals surface area contributed by atoms with Crippen molar-refractivity contribution in [3.63, 3.8) is 0 Å². The number of hydrogen-bond donors (Lipinski definition) is 2. The smallest absolute Gasteiger partial charge is 0.291 e. The number of carbonyl (C=O) groups is 1. The maximum absolute atomic E-state index is 12.2. The second kappa shape index (κ2) is 8.66. The van der Waals surface area contributed by atoms with Crippen molar-refractivity contribution >= 4 is 17.5 Å². The summed E-state index contributed by atoms with van der Waals surface area (Å²) in [6, 6.07) is 14.4. The molecule has 0 saturated heterocycles. The van der Waals surface area contributed by atoms with Crippen molar-refractivity contribution < 1.29 is 14.6 Å². The number of rotatable bonds is 7. The first-order valence-electron chi connectivity index (χ1n) is 8.30. The van der Waals surface area contributed by atoms with E-state index in [9.17, 15) is 9.90 Å². The molecule has 0 bridgehead atoms. The summed E-state index contributed by atoms with van der Waals surface area (Å²) in [6.07, 6.45) is 0.633. The van der Waals surface area contributed by atoms with Crippen LogP contribution in [0.3, 0.4) is 0 Å². The summed E-state index contributed by atoms with van der Waals surface area (Å²) in [6.45, 7) is 0.457. The molecule has 0 radical (unpaired) electrons. The van der Waals surface area contributed by atoms with Crippen molar-refractivity contribution in [3.8, 4) is 5.75 Å². The zero-order chi connectivity index (χ0) is 19.2. The molecule has 8 heteroatoms. The predicted octanol–water partition coefficient (Wildman–Crippen LogP) is 2.60. The van der Waals surface area contributed by atoms with E-state index in [4.69, 9.17) is 16.3 Å². The molecule has 0 aliphatic carbocycles. The first-order chi connectivity index (χ1) is 13.1. The number of hydrogen-bond acceptors (Lipinski definition) is 5. The minimum absolute atomic E-state index is 0.0315. The van der Waals surface area contributed by atoms with Gasteiger partial charge in [-0.3, -0.25) is 4.79 Å². The molecule has 2 aromatic carbocycles. The van der Waals surface area contributed by atoms with Crippen LogP contribution in [0, 0.1) is 0 Å². The van der Waals surface area contributed by atoms with E-state index >= 15 is 0 Å². The lowest BCUT2D eigenvalue weighted by Gasteiger charge is -2.11. The van der Waals surface area contributed by atoms with E-state index in [0.717, 1.165) is 11.1 Å². The van der Waals surface area contributed by atoms with Gasteiger partial charge in [0.25, 0.3) is 5.91 Å². The average molecular weight is 387 g/mol. The van der Waals surface area contributed by atoms with Crippen molar-refractivity contribution in [1.29, 1.82) is 0 Å². The molecule has 0 aliphatic heterocycles. The number of aliphatic hydroxyl groups excluding tert-OH is 1. The summed E-state index contributed by atoms with van der Waals surface area (Å²) in [5.74, 6) is 0.334. The molecule has 3 rings (SSSR count). The number of carbonyl (C=O) groups excluding carboxylic acids is 1. The Morgan fingerprint density at radius 1 is 1.26 bits per heavy atom. The maximum Gasteiger partial charge on any atom is 0.291 e. The molecule has 7 nitrogen and oxygen atoms in total. The number of methoxy groups -OCH3 is 1. The van der Waals surface area contributed by atoms with Gasteiger partial charge >= 0.3 is 0 Å². The van der Waals surface area contributed by atoms with E-state index in [2.05, 4.69) is 15.4 Å². The Kier molecular flexibility index (Phi) is 6.05. The lowest BCUT2D eigenvalue weighted by atomic mass is 10.1. The highest BCUT2D eigenvalue weighted by atomic mass is 35.5. The second-order valence-electron chi connectivity index (χ2n) is 5.85. The number of benzene rings is 2. The highest BCUT2D eigenvalue weighted by Crippen LogP contribution is 2.19. The van der Waals surface area contributed by atoms with Crippen LogP contribution in [0.15, 0.2) is 54.9 Å². The zero-order valence-corrected chi connectivity index (χ0v) is 15.4. The van der Waals surface area contributed by atoms with Crippen LogP contribution in [0.4, 0.5) is 0 Å². The third kappa shape index (κ3) is 4.84. The first-order valence-corrected chi connectivity index (χ1v) is 8.67. The molecule has 1 heterocycles. The standard InChI is InChI=1S/C19H19ClN4O3/c1-27-15-8-6-13(7-9-15)17(25)11-24-12-22-18(23-24)19(26)21-10-14-4-2-3-5-16(14)20/h2-9,12,17,25H,10-11H2,1H3,(H,21,26)/t17-/m1/s1. The van der Waals surface area contributed by atoms with Crippen LogP contribution in [0.5, 0.6) is 5.75 Å². The zero-order valence-electron chi connectivity index (χ0n) is 14.7. The fourth-order valence-corrected chi connectivity index (χ4v) is 2.69. The highest BCUT2D eigenvalue weighted by Gasteiger charge is 2.14. The summed E-state index contributed by atoms with van der Waals surface area (Å²) in [4.78, 5) is 16.2. The summed E-state index contributed by atoms with van der Waals surface area (Å²) in [5, 5.41) is 17.8. The number of aromatic nitrogens is 3. The van der Waals surface area contributed by atoms with Crippen LogP contribution in [-0.4, -0.2) is 32.9 Å². The Bertz CT molecular complexity index is 911. The molecule has 1 aromatic heterocycles. The van der Waals surface area contributed by atoms with Gasteiger partial charge in [-0.05, 0) is 29.3 Å². The number of nitrogens with one attached hydrogen (secondary N) is 1. The van der Waals surface area contributed by atoms with Gasteiger partial charge < -0.3 is 15.2 Å². The van der Waals surface area contributed by atoms with Crippen LogP contribution in [0.2, 0.25) is 5.02 Å². The van der Waals surface area contributed by atoms with Crippen LogP contribution >= 0.6 is 11.6 Å². The molecule has 0 saturated carbocycles. The highest BCUT2D eigenvalue weighted by molar-refractivity contribution is 6.31. The number of amides is 1. The summed E-state index contributed by atoms with van der Waals surface area (Å²) in [7, 11) is 1.58. The van der Waals surface area contributed by atoms with Crippen molar-refractivity contribution in [3.05, 3.63) is 76.8 Å². The van der Waals surface area contributed by atoms with E-state index in [0.29, 0.717) is 10.8 Å². The summed E-state index contributed by atoms with van der Waals surface area (Å²) in [5.41, 5.74) is 1.53. The van der Waals surface area contributed by atoms with Gasteiger partial charge in [-0.1, -0.05) is 41.9 Å². The minimum atomic E-state index is -0.781. The molecular weight excluding hydrogens is 368 g/mol. The normalized spacial score (nSPS) is 11.8. The molecule has 2 N–H and O–H groups in total. The fraction of sp³-hybridized carbons (Fsp3) is 0.211. The third-order valence-electron chi connectivity index (χ3n) is 4.00. The first kappa shape index (κ1) is 18.9. The van der Waals surface area contributed by atoms with Crippen LogP contribution < -0.4 is 10.1 Å². The number of ether oxygens (including phenoxy) is 1. The molecule has 3 aromatic rings. The Hall–Kier alpha value is -2.90. The van der Waals surface area contributed by atoms with Gasteiger partial charge in [0.2, 0.25) is 5.82 Å². The Morgan fingerprint density at radius 2 is 2.00 bits per heavy atom. The molecule has 0 fully saturated rings.